The van der Waals surface area contributed by atoms with Gasteiger partial charge in [0.05, 0.1) is 25.4 Å². The van der Waals surface area contributed by atoms with Gasteiger partial charge in [-0.3, -0.25) is 4.79 Å². The molecule has 0 saturated carbocycles. The Balaban J connectivity index is 2.20. The summed E-state index contributed by atoms with van der Waals surface area (Å²) in [5, 5.41) is 54.6. The smallest absolute Gasteiger partial charge is 0.220 e. The van der Waals surface area contributed by atoms with Crippen molar-refractivity contribution in [3.8, 4) is 0 Å². The van der Waals surface area contributed by atoms with Gasteiger partial charge in [-0.05, 0) is 44.9 Å². The Morgan fingerprint density at radius 1 is 0.446 bits per heavy atom. The molecule has 1 fully saturated rings. The summed E-state index contributed by atoms with van der Waals surface area (Å²) in [6.45, 7) is 3.81. The van der Waals surface area contributed by atoms with Crippen LogP contribution in [0.25, 0.3) is 0 Å². The van der Waals surface area contributed by atoms with E-state index in [1.165, 1.54) is 250 Å². The summed E-state index contributed by atoms with van der Waals surface area (Å²) in [7, 11) is 0. The zero-order valence-electron chi connectivity index (χ0n) is 48.6. The van der Waals surface area contributed by atoms with E-state index in [9.17, 15) is 30.3 Å². The second-order valence-corrected chi connectivity index (χ2v) is 22.5. The summed E-state index contributed by atoms with van der Waals surface area (Å²) in [5.41, 5.74) is 0. The summed E-state index contributed by atoms with van der Waals surface area (Å²) in [6, 6.07) is -0.827. The molecule has 0 aromatic rings. The van der Waals surface area contributed by atoms with Gasteiger partial charge >= 0.3 is 0 Å². The van der Waals surface area contributed by atoms with Crippen molar-refractivity contribution in [2.24, 2.45) is 0 Å². The van der Waals surface area contributed by atoms with E-state index in [-0.39, 0.29) is 12.5 Å². The number of rotatable bonds is 56. The number of amides is 1. The average Bonchev–Trinajstić information content (AvgIpc) is 3.40. The molecule has 1 rings (SSSR count). The van der Waals surface area contributed by atoms with Crippen LogP contribution in [0.15, 0.2) is 36.5 Å². The molecule has 0 aliphatic carbocycles. The lowest BCUT2D eigenvalue weighted by atomic mass is 9.99. The van der Waals surface area contributed by atoms with Crippen molar-refractivity contribution in [3.05, 3.63) is 36.5 Å². The van der Waals surface area contributed by atoms with Crippen LogP contribution >= 0.6 is 0 Å². The molecule has 436 valence electrons. The second-order valence-electron chi connectivity index (χ2n) is 22.5. The van der Waals surface area contributed by atoms with Crippen molar-refractivity contribution < 1.29 is 39.8 Å². The van der Waals surface area contributed by atoms with E-state index in [0.29, 0.717) is 6.42 Å². The minimum absolute atomic E-state index is 0.184. The van der Waals surface area contributed by atoms with Gasteiger partial charge in [-0.15, -0.1) is 0 Å². The fourth-order valence-corrected chi connectivity index (χ4v) is 10.4. The van der Waals surface area contributed by atoms with Gasteiger partial charge in [-0.2, -0.15) is 0 Å². The number of nitrogens with one attached hydrogen (secondary N) is 1. The monoisotopic (exact) mass is 1050 g/mol. The zero-order chi connectivity index (χ0) is 53.6. The molecule has 0 aromatic heterocycles. The lowest BCUT2D eigenvalue weighted by Gasteiger charge is -2.40. The number of aliphatic hydroxyl groups is 5. The highest BCUT2D eigenvalue weighted by Crippen LogP contribution is 2.23. The fourth-order valence-electron chi connectivity index (χ4n) is 10.4. The van der Waals surface area contributed by atoms with E-state index in [1.807, 2.05) is 6.08 Å². The van der Waals surface area contributed by atoms with Crippen LogP contribution in [0.5, 0.6) is 0 Å². The largest absolute Gasteiger partial charge is 0.394 e. The quantitative estimate of drug-likeness (QED) is 0.0261. The molecular formula is C65H123NO8. The third kappa shape index (κ3) is 43.4. The molecule has 0 aromatic carbocycles. The number of unbranched alkanes of at least 4 members (excludes halogenated alkanes) is 42. The minimum Gasteiger partial charge on any atom is -0.394 e. The summed E-state index contributed by atoms with van der Waals surface area (Å²) in [5.74, 6) is -0.184. The van der Waals surface area contributed by atoms with Crippen molar-refractivity contribution in [2.45, 2.75) is 358 Å². The lowest BCUT2D eigenvalue weighted by Crippen LogP contribution is -2.60. The van der Waals surface area contributed by atoms with Gasteiger partial charge in [0, 0.05) is 6.42 Å². The van der Waals surface area contributed by atoms with Crippen molar-refractivity contribution in [1.29, 1.82) is 0 Å². The maximum Gasteiger partial charge on any atom is 0.220 e. The normalized spacial score (nSPS) is 19.1. The molecule has 9 nitrogen and oxygen atoms in total. The number of hydrogen-bond donors (Lipinski definition) is 6. The standard InChI is InChI=1S/C65H123NO8/c1-3-5-7-9-11-13-15-17-19-21-23-25-27-29-31-33-35-37-39-41-43-45-47-49-51-53-55-61(69)66-58(57-73-65-64(72)63(71)62(70)60(56-67)74-65)59(68)54-52-50-48-46-44-42-40-38-36-34-32-30-28-26-24-22-20-18-16-14-12-10-8-6-4-2/h36,38,44,46,52,54,58-60,62-65,67-68,70-72H,3-35,37,39-43,45,47-51,53,55-57H2,1-2H3,(H,66,69)/b38-36+,46-44+,54-52+. The first kappa shape index (κ1) is 70.4. The fraction of sp³-hybridized carbons (Fsp3) is 0.892. The molecular weight excluding hydrogens is 923 g/mol. The van der Waals surface area contributed by atoms with Crippen molar-refractivity contribution in [3.63, 3.8) is 0 Å². The zero-order valence-corrected chi connectivity index (χ0v) is 48.6. The van der Waals surface area contributed by atoms with Crippen LogP contribution in [-0.2, 0) is 14.3 Å². The molecule has 1 heterocycles. The van der Waals surface area contributed by atoms with Gasteiger partial charge in [-0.1, -0.05) is 301 Å². The van der Waals surface area contributed by atoms with E-state index >= 15 is 0 Å². The maximum absolute atomic E-state index is 13.1. The van der Waals surface area contributed by atoms with Crippen LogP contribution in [0.4, 0.5) is 0 Å². The summed E-state index contributed by atoms with van der Waals surface area (Å²) < 4.78 is 11.3. The molecule has 6 N–H and O–H groups in total. The Kier molecular flexibility index (Phi) is 52.1. The van der Waals surface area contributed by atoms with Crippen LogP contribution in [0.3, 0.4) is 0 Å². The first-order valence-corrected chi connectivity index (χ1v) is 32.2. The van der Waals surface area contributed by atoms with Gasteiger partial charge < -0.3 is 40.3 Å². The van der Waals surface area contributed by atoms with Crippen LogP contribution in [0.2, 0.25) is 0 Å². The molecule has 74 heavy (non-hydrogen) atoms. The molecule has 0 radical (unpaired) electrons. The number of carbonyl (C=O) groups excluding carboxylic acids is 1. The number of hydrogen-bond acceptors (Lipinski definition) is 8. The summed E-state index contributed by atoms with van der Waals surface area (Å²) >= 11 is 0. The van der Waals surface area contributed by atoms with Crippen LogP contribution in [0, 0.1) is 0 Å². The van der Waals surface area contributed by atoms with E-state index in [1.54, 1.807) is 6.08 Å². The van der Waals surface area contributed by atoms with Crippen LogP contribution in [0.1, 0.15) is 316 Å². The highest BCUT2D eigenvalue weighted by molar-refractivity contribution is 5.76. The molecule has 1 saturated heterocycles. The molecule has 7 atom stereocenters. The van der Waals surface area contributed by atoms with E-state index in [2.05, 4.69) is 43.5 Å². The Labute approximate surface area is 457 Å². The number of ether oxygens (including phenoxy) is 2. The SMILES string of the molecule is CCCCCCCCCCCCCCCCC/C=C/CC/C=C/CC/C=C/C(O)C(COC1OC(CO)C(O)C(O)C1O)NC(=O)CCCCCCCCCCCCCCCCCCCCCCCCCCCC. The molecule has 0 bridgehead atoms. The third-order valence-electron chi connectivity index (χ3n) is 15.4. The van der Waals surface area contributed by atoms with Crippen molar-refractivity contribution >= 4 is 5.91 Å². The molecule has 1 aliphatic heterocycles. The molecule has 1 amide bonds. The second kappa shape index (κ2) is 54.8. The maximum atomic E-state index is 13.1. The number of carbonyl (C=O) groups is 1. The Morgan fingerprint density at radius 3 is 1.14 bits per heavy atom. The van der Waals surface area contributed by atoms with E-state index in [4.69, 9.17) is 9.47 Å². The van der Waals surface area contributed by atoms with Gasteiger partial charge in [0.1, 0.15) is 24.4 Å². The molecule has 0 spiro atoms. The van der Waals surface area contributed by atoms with Crippen molar-refractivity contribution in [2.75, 3.05) is 13.2 Å². The molecule has 9 heteroatoms. The number of allylic oxidation sites excluding steroid dienone is 5. The topological polar surface area (TPSA) is 149 Å². The Morgan fingerprint density at radius 2 is 0.770 bits per heavy atom. The Bertz CT molecular complexity index is 1260. The first-order valence-electron chi connectivity index (χ1n) is 32.2. The van der Waals surface area contributed by atoms with Crippen molar-refractivity contribution in [1.82, 2.24) is 5.32 Å². The van der Waals surface area contributed by atoms with Gasteiger partial charge in [0.2, 0.25) is 5.91 Å². The van der Waals surface area contributed by atoms with Gasteiger partial charge in [0.15, 0.2) is 6.29 Å². The van der Waals surface area contributed by atoms with E-state index < -0.39 is 49.5 Å². The molecule has 7 unspecified atom stereocenters. The van der Waals surface area contributed by atoms with E-state index in [0.717, 1.165) is 44.9 Å². The average molecular weight is 1050 g/mol. The van der Waals surface area contributed by atoms with Gasteiger partial charge in [0.25, 0.3) is 0 Å². The highest BCUT2D eigenvalue weighted by Gasteiger charge is 2.44. The summed E-state index contributed by atoms with van der Waals surface area (Å²) in [4.78, 5) is 13.1. The third-order valence-corrected chi connectivity index (χ3v) is 15.4. The summed E-state index contributed by atoms with van der Waals surface area (Å²) in [6.07, 6.45) is 65.2. The first-order chi connectivity index (χ1) is 36.3. The van der Waals surface area contributed by atoms with Crippen LogP contribution in [-0.4, -0.2) is 87.5 Å². The number of aliphatic hydroxyl groups excluding tert-OH is 5. The highest BCUT2D eigenvalue weighted by atomic mass is 16.7. The predicted molar refractivity (Wildman–Crippen MR) is 313 cm³/mol. The van der Waals surface area contributed by atoms with Crippen LogP contribution < -0.4 is 5.32 Å². The van der Waals surface area contributed by atoms with Gasteiger partial charge in [-0.25, -0.2) is 0 Å². The molecule has 1 aliphatic rings. The lowest BCUT2D eigenvalue weighted by molar-refractivity contribution is -0.302. The minimum atomic E-state index is -1.57. The Hall–Kier alpha value is -1.59. The predicted octanol–water partition coefficient (Wildman–Crippen LogP) is 16.7.